The molecule has 1 amide bonds. The number of aliphatic hydroxyl groups excluding tert-OH is 1. The highest BCUT2D eigenvalue weighted by atomic mass is 35.5. The van der Waals surface area contributed by atoms with Crippen molar-refractivity contribution in [1.82, 2.24) is 24.2 Å². The van der Waals surface area contributed by atoms with Crippen molar-refractivity contribution in [1.29, 1.82) is 0 Å². The minimum absolute atomic E-state index is 0.123. The number of amides is 1. The van der Waals surface area contributed by atoms with Gasteiger partial charge in [0, 0.05) is 61.2 Å². The monoisotopic (exact) mass is 620 g/mol. The number of anilines is 1. The summed E-state index contributed by atoms with van der Waals surface area (Å²) in [6, 6.07) is 9.94. The fourth-order valence-electron chi connectivity index (χ4n) is 6.07. The number of hydrogen-bond acceptors (Lipinski definition) is 8. The van der Waals surface area contributed by atoms with E-state index in [1.807, 2.05) is 6.07 Å². The highest BCUT2D eigenvalue weighted by Crippen LogP contribution is 2.46. The summed E-state index contributed by atoms with van der Waals surface area (Å²) < 4.78 is 22.8. The van der Waals surface area contributed by atoms with Crippen LogP contribution in [0.5, 0.6) is 5.88 Å². The number of benzene rings is 2. The van der Waals surface area contributed by atoms with E-state index in [0.29, 0.717) is 41.4 Å². The van der Waals surface area contributed by atoms with Crippen molar-refractivity contribution >= 4 is 23.2 Å². The van der Waals surface area contributed by atoms with Gasteiger partial charge in [-0.1, -0.05) is 29.8 Å². The minimum Gasteiger partial charge on any atom is -0.481 e. The summed E-state index contributed by atoms with van der Waals surface area (Å²) in [5.74, 6) is -0.912. The number of aromatic nitrogens is 4. The molecular formula is C31H30ClFN6O5. The van der Waals surface area contributed by atoms with Gasteiger partial charge in [0.2, 0.25) is 11.6 Å². The lowest BCUT2D eigenvalue weighted by atomic mass is 9.95. The molecule has 1 saturated heterocycles. The second-order valence-electron chi connectivity index (χ2n) is 11.1. The second-order valence-corrected chi connectivity index (χ2v) is 11.5. The Kier molecular flexibility index (Phi) is 7.60. The Bertz CT molecular complexity index is 1950. The van der Waals surface area contributed by atoms with Crippen LogP contribution < -0.4 is 21.3 Å². The molecule has 1 atom stereocenters. The van der Waals surface area contributed by atoms with Gasteiger partial charge >= 0.3 is 5.69 Å². The highest BCUT2D eigenvalue weighted by molar-refractivity contribution is 6.36. The van der Waals surface area contributed by atoms with Crippen molar-refractivity contribution in [3.05, 3.63) is 90.5 Å². The zero-order valence-corrected chi connectivity index (χ0v) is 25.3. The number of nitrogens with zero attached hydrogens (tertiary/aromatic N) is 5. The van der Waals surface area contributed by atoms with E-state index in [1.165, 1.54) is 26.2 Å². The lowest BCUT2D eigenvalue weighted by Crippen LogP contribution is -2.51. The van der Waals surface area contributed by atoms with Gasteiger partial charge in [-0.2, -0.15) is 5.10 Å². The first-order chi connectivity index (χ1) is 21.0. The molecule has 2 N–H and O–H groups in total. The topological polar surface area (TPSA) is 132 Å². The number of carbonyl (C=O) groups excluding carboxylic acids is 1. The molecule has 1 aliphatic heterocycles. The molecule has 228 valence electrons. The van der Waals surface area contributed by atoms with Gasteiger partial charge in [0.05, 0.1) is 23.9 Å². The van der Waals surface area contributed by atoms with Crippen LogP contribution in [0, 0.1) is 12.7 Å². The molecule has 2 aliphatic rings. The van der Waals surface area contributed by atoms with E-state index >= 15 is 4.39 Å². The van der Waals surface area contributed by atoms with Gasteiger partial charge in [-0.25, -0.2) is 18.9 Å². The second kappa shape index (κ2) is 11.3. The van der Waals surface area contributed by atoms with Gasteiger partial charge in [0.15, 0.2) is 0 Å². The van der Waals surface area contributed by atoms with Crippen LogP contribution in [0.3, 0.4) is 0 Å². The molecule has 0 unspecified atom stereocenters. The van der Waals surface area contributed by atoms with Crippen molar-refractivity contribution in [2.45, 2.75) is 31.9 Å². The van der Waals surface area contributed by atoms with Crippen LogP contribution in [0.4, 0.5) is 10.1 Å². The molecule has 3 heterocycles. The number of ether oxygens (including phenoxy) is 1. The third kappa shape index (κ3) is 4.88. The number of methoxy groups -OCH3 is 1. The van der Waals surface area contributed by atoms with E-state index in [4.69, 9.17) is 21.3 Å². The third-order valence-corrected chi connectivity index (χ3v) is 8.80. The number of hydrogen-bond donors (Lipinski definition) is 2. The Morgan fingerprint density at radius 3 is 2.59 bits per heavy atom. The van der Waals surface area contributed by atoms with E-state index < -0.39 is 28.7 Å². The Hall–Kier alpha value is -4.39. The number of fused-ring (bicyclic) bond motifs is 1. The predicted molar refractivity (Wildman–Crippen MR) is 163 cm³/mol. The van der Waals surface area contributed by atoms with Gasteiger partial charge in [-0.3, -0.25) is 19.1 Å². The van der Waals surface area contributed by atoms with Gasteiger partial charge in [0.1, 0.15) is 5.82 Å². The first-order valence-electron chi connectivity index (χ1n) is 14.0. The van der Waals surface area contributed by atoms with Crippen LogP contribution in [-0.2, 0) is 20.5 Å². The molecule has 4 aromatic rings. The van der Waals surface area contributed by atoms with Gasteiger partial charge in [-0.15, -0.1) is 0 Å². The van der Waals surface area contributed by atoms with Gasteiger partial charge < -0.3 is 15.2 Å². The molecule has 2 aromatic heterocycles. The van der Waals surface area contributed by atoms with Crippen molar-refractivity contribution in [3.8, 4) is 28.3 Å². The zero-order chi connectivity index (χ0) is 31.4. The normalized spacial score (nSPS) is 16.5. The maximum Gasteiger partial charge on any atom is 0.346 e. The number of β-amino-alcohol motifs (C(OH)–C–C–N with tert-alkyl or cyclic N) is 1. The summed E-state index contributed by atoms with van der Waals surface area (Å²) in [4.78, 5) is 44.6. The van der Waals surface area contributed by atoms with Crippen LogP contribution in [0.1, 0.15) is 39.6 Å². The fraction of sp³-hybridized carbons (Fsp3) is 0.323. The molecule has 0 bridgehead atoms. The van der Waals surface area contributed by atoms with Crippen molar-refractivity contribution in [2.24, 2.45) is 14.1 Å². The lowest BCUT2D eigenvalue weighted by Gasteiger charge is -2.40. The molecule has 13 heteroatoms. The standard InChI is InChI=1S/C31H30ClFN6O5/c1-15-21(34-28(41)27-30(42)37(2)31(43)38(3)36-27)10-9-20(33)24(15)19-7-5-6-18(26(19)32)22-12-16-8-11-23(39-13-17(40)14-39)25(16)29(35-22)44-4/h5-7,9-10,12,17,23,40H,8,11,13-14H2,1-4H3,(H,34,41)/t23-/m0/s1. The third-order valence-electron chi connectivity index (χ3n) is 8.40. The molecule has 0 radical (unpaired) electrons. The van der Waals surface area contributed by atoms with E-state index in [-0.39, 0.29) is 28.4 Å². The summed E-state index contributed by atoms with van der Waals surface area (Å²) in [6.45, 7) is 2.86. The van der Waals surface area contributed by atoms with Crippen LogP contribution in [0.2, 0.25) is 5.02 Å². The number of nitrogens with one attached hydrogen (secondary N) is 1. The minimum atomic E-state index is -0.854. The average Bonchev–Trinajstić information content (AvgIpc) is 3.41. The van der Waals surface area contributed by atoms with Crippen LogP contribution in [0.15, 0.2) is 46.0 Å². The average molecular weight is 621 g/mol. The molecule has 44 heavy (non-hydrogen) atoms. The van der Waals surface area contributed by atoms with E-state index in [9.17, 15) is 19.5 Å². The van der Waals surface area contributed by atoms with Gasteiger partial charge in [-0.05, 0) is 49.1 Å². The molecule has 11 nitrogen and oxygen atoms in total. The molecule has 1 fully saturated rings. The Labute approximate surface area is 256 Å². The number of aryl methyl sites for hydroxylation is 2. The van der Waals surface area contributed by atoms with E-state index in [2.05, 4.69) is 15.3 Å². The summed E-state index contributed by atoms with van der Waals surface area (Å²) in [5, 5.41) is 16.5. The fourth-order valence-corrected chi connectivity index (χ4v) is 6.39. The number of carbonyl (C=O) groups is 1. The number of aliphatic hydroxyl groups is 1. The maximum absolute atomic E-state index is 15.5. The SMILES string of the molecule is COc1nc(-c2cccc(-c3c(F)ccc(NC(=O)c4nn(C)c(=O)n(C)c4=O)c3C)c2Cl)cc2c1[C@@H](N1CC(O)C1)CC2. The van der Waals surface area contributed by atoms with Crippen molar-refractivity contribution in [3.63, 3.8) is 0 Å². The summed E-state index contributed by atoms with van der Waals surface area (Å²) in [7, 11) is 4.15. The van der Waals surface area contributed by atoms with Crippen LogP contribution >= 0.6 is 11.6 Å². The van der Waals surface area contributed by atoms with Crippen LogP contribution in [0.25, 0.3) is 22.4 Å². The smallest absolute Gasteiger partial charge is 0.346 e. The molecule has 0 saturated carbocycles. The van der Waals surface area contributed by atoms with Crippen molar-refractivity contribution in [2.75, 3.05) is 25.5 Å². The molecular weight excluding hydrogens is 591 g/mol. The number of pyridine rings is 1. The molecule has 1 aliphatic carbocycles. The maximum atomic E-state index is 15.5. The largest absolute Gasteiger partial charge is 0.481 e. The first-order valence-corrected chi connectivity index (χ1v) is 14.4. The summed E-state index contributed by atoms with van der Waals surface area (Å²) >= 11 is 6.96. The predicted octanol–water partition coefficient (Wildman–Crippen LogP) is 3.23. The Morgan fingerprint density at radius 1 is 1.16 bits per heavy atom. The Balaban J connectivity index is 1.37. The zero-order valence-electron chi connectivity index (χ0n) is 24.5. The Morgan fingerprint density at radius 2 is 1.89 bits per heavy atom. The summed E-state index contributed by atoms with van der Waals surface area (Å²) in [5.41, 5.74) is 2.43. The van der Waals surface area contributed by atoms with E-state index in [1.54, 1.807) is 32.2 Å². The summed E-state index contributed by atoms with van der Waals surface area (Å²) in [6.07, 6.45) is 1.40. The quantitative estimate of drug-likeness (QED) is 0.336. The van der Waals surface area contributed by atoms with Gasteiger partial charge in [0.25, 0.3) is 11.5 Å². The van der Waals surface area contributed by atoms with Crippen LogP contribution in [-0.4, -0.2) is 61.5 Å². The first kappa shape index (κ1) is 29.7. The molecule has 2 aromatic carbocycles. The van der Waals surface area contributed by atoms with E-state index in [0.717, 1.165) is 33.2 Å². The number of likely N-dealkylation sites (tertiary alicyclic amines) is 1. The number of halogens is 2. The highest BCUT2D eigenvalue weighted by Gasteiger charge is 2.38. The molecule has 0 spiro atoms. The molecule has 6 rings (SSSR count). The lowest BCUT2D eigenvalue weighted by molar-refractivity contribution is -0.0256. The van der Waals surface area contributed by atoms with Crippen molar-refractivity contribution < 1.29 is 19.0 Å². The number of rotatable bonds is 6.